The van der Waals surface area contributed by atoms with Gasteiger partial charge in [-0.15, -0.1) is 0 Å². The van der Waals surface area contributed by atoms with Gasteiger partial charge in [0.2, 0.25) is 0 Å². The number of hydrogen-bond donors (Lipinski definition) is 0. The van der Waals surface area contributed by atoms with E-state index in [1.54, 1.807) is 0 Å². The molecule has 162 valence electrons. The zero-order chi connectivity index (χ0) is 21.0. The summed E-state index contributed by atoms with van der Waals surface area (Å²) in [5, 5.41) is 0. The van der Waals surface area contributed by atoms with E-state index in [0.29, 0.717) is 12.8 Å². The molecule has 2 unspecified atom stereocenters. The molecule has 6 heteroatoms. The number of hydrogen-bond acceptors (Lipinski definition) is 6. The molecule has 0 aromatic heterocycles. The summed E-state index contributed by atoms with van der Waals surface area (Å²) in [5.41, 5.74) is -1.03. The van der Waals surface area contributed by atoms with E-state index in [1.807, 2.05) is 41.5 Å². The van der Waals surface area contributed by atoms with Crippen LogP contribution in [0.5, 0.6) is 0 Å². The summed E-state index contributed by atoms with van der Waals surface area (Å²) in [5.74, 6) is -1.15. The van der Waals surface area contributed by atoms with Crippen molar-refractivity contribution in [3.63, 3.8) is 0 Å². The van der Waals surface area contributed by atoms with Crippen molar-refractivity contribution < 1.29 is 28.5 Å². The Morgan fingerprint density at radius 3 is 2.18 bits per heavy atom. The third-order valence-corrected chi connectivity index (χ3v) is 5.56. The second-order valence-corrected chi connectivity index (χ2v) is 9.81. The highest BCUT2D eigenvalue weighted by Gasteiger charge is 2.44. The lowest BCUT2D eigenvalue weighted by Gasteiger charge is -2.46. The van der Waals surface area contributed by atoms with E-state index in [4.69, 9.17) is 18.9 Å². The van der Waals surface area contributed by atoms with Gasteiger partial charge in [-0.2, -0.15) is 0 Å². The zero-order valence-electron chi connectivity index (χ0n) is 18.5. The summed E-state index contributed by atoms with van der Waals surface area (Å²) in [6.45, 7) is 11.5. The monoisotopic (exact) mass is 398 g/mol. The van der Waals surface area contributed by atoms with Crippen LogP contribution in [0.4, 0.5) is 0 Å². The molecule has 0 aromatic carbocycles. The van der Waals surface area contributed by atoms with Gasteiger partial charge in [0.05, 0.1) is 24.0 Å². The van der Waals surface area contributed by atoms with E-state index < -0.39 is 16.8 Å². The minimum atomic E-state index is -0.666. The quantitative estimate of drug-likeness (QED) is 0.612. The molecule has 28 heavy (non-hydrogen) atoms. The minimum absolute atomic E-state index is 0.188. The summed E-state index contributed by atoms with van der Waals surface area (Å²) in [7, 11) is 0. The van der Waals surface area contributed by atoms with E-state index >= 15 is 0 Å². The molecule has 2 aliphatic rings. The number of carbonyl (C=O) groups excluding carboxylic acids is 2. The molecule has 0 amide bonds. The Morgan fingerprint density at radius 2 is 1.61 bits per heavy atom. The first kappa shape index (κ1) is 23.1. The Labute approximate surface area is 169 Å². The van der Waals surface area contributed by atoms with Crippen molar-refractivity contribution in [2.45, 2.75) is 117 Å². The first-order valence-corrected chi connectivity index (χ1v) is 10.7. The Hall–Kier alpha value is -1.14. The van der Waals surface area contributed by atoms with Crippen molar-refractivity contribution in [2.24, 2.45) is 5.41 Å². The van der Waals surface area contributed by atoms with Gasteiger partial charge in [0, 0.05) is 19.3 Å². The fraction of sp³-hybridized carbons (Fsp3) is 0.909. The highest BCUT2D eigenvalue weighted by molar-refractivity contribution is 5.75. The molecule has 0 aromatic rings. The molecule has 2 fully saturated rings. The van der Waals surface area contributed by atoms with E-state index in [-0.39, 0.29) is 37.2 Å². The molecule has 1 aliphatic carbocycles. The van der Waals surface area contributed by atoms with Crippen LogP contribution in [0.15, 0.2) is 0 Å². The Bertz CT molecular complexity index is 542. The summed E-state index contributed by atoms with van der Waals surface area (Å²) < 4.78 is 23.6. The van der Waals surface area contributed by atoms with Gasteiger partial charge in [-0.3, -0.25) is 9.59 Å². The Balaban J connectivity index is 2.02. The molecule has 0 bridgehead atoms. The molecule has 0 radical (unpaired) electrons. The topological polar surface area (TPSA) is 71.1 Å². The lowest BCUT2D eigenvalue weighted by Crippen LogP contribution is -2.51. The second kappa shape index (κ2) is 9.12. The van der Waals surface area contributed by atoms with Gasteiger partial charge in [-0.1, -0.05) is 13.3 Å². The molecule has 1 spiro atoms. The van der Waals surface area contributed by atoms with Crippen LogP contribution in [0.3, 0.4) is 0 Å². The van der Waals surface area contributed by atoms with Crippen molar-refractivity contribution in [2.75, 3.05) is 6.61 Å². The first-order chi connectivity index (χ1) is 12.9. The maximum atomic E-state index is 12.3. The maximum Gasteiger partial charge on any atom is 0.311 e. The normalized spacial score (nSPS) is 25.4. The predicted octanol–water partition coefficient (Wildman–Crippen LogP) is 4.53. The molecule has 1 heterocycles. The summed E-state index contributed by atoms with van der Waals surface area (Å²) in [4.78, 5) is 24.7. The van der Waals surface area contributed by atoms with Crippen LogP contribution in [0.2, 0.25) is 0 Å². The highest BCUT2D eigenvalue weighted by atomic mass is 16.7. The third kappa shape index (κ3) is 6.73. The molecule has 1 saturated carbocycles. The van der Waals surface area contributed by atoms with Crippen molar-refractivity contribution in [3.8, 4) is 0 Å². The number of rotatable bonds is 6. The predicted molar refractivity (Wildman–Crippen MR) is 106 cm³/mol. The van der Waals surface area contributed by atoms with Gasteiger partial charge in [-0.25, -0.2) is 0 Å². The minimum Gasteiger partial charge on any atom is -0.463 e. The van der Waals surface area contributed by atoms with Crippen molar-refractivity contribution in [1.82, 2.24) is 0 Å². The lowest BCUT2D eigenvalue weighted by atomic mass is 9.90. The van der Waals surface area contributed by atoms with Gasteiger partial charge >= 0.3 is 11.9 Å². The summed E-state index contributed by atoms with van der Waals surface area (Å²) in [6.07, 6.45) is 5.71. The van der Waals surface area contributed by atoms with Gasteiger partial charge in [0.15, 0.2) is 5.79 Å². The van der Waals surface area contributed by atoms with E-state index in [1.165, 1.54) is 0 Å². The fourth-order valence-electron chi connectivity index (χ4n) is 3.66. The summed E-state index contributed by atoms with van der Waals surface area (Å²) in [6, 6.07) is 0. The molecule has 2 atom stereocenters. The van der Waals surface area contributed by atoms with Crippen LogP contribution in [-0.4, -0.2) is 42.1 Å². The van der Waals surface area contributed by atoms with Crippen LogP contribution in [0, 0.1) is 5.41 Å². The van der Waals surface area contributed by atoms with Gasteiger partial charge in [-0.05, 0) is 53.9 Å². The Morgan fingerprint density at radius 1 is 1.00 bits per heavy atom. The molecule has 2 rings (SSSR count). The molecule has 6 nitrogen and oxygen atoms in total. The van der Waals surface area contributed by atoms with Crippen LogP contribution in [0.1, 0.15) is 92.9 Å². The van der Waals surface area contributed by atoms with Crippen LogP contribution < -0.4 is 0 Å². The number of esters is 2. The highest BCUT2D eigenvalue weighted by Crippen LogP contribution is 2.40. The fourth-order valence-corrected chi connectivity index (χ4v) is 3.66. The van der Waals surface area contributed by atoms with Crippen LogP contribution in [0.25, 0.3) is 0 Å². The van der Waals surface area contributed by atoms with E-state index in [9.17, 15) is 9.59 Å². The van der Waals surface area contributed by atoms with Crippen molar-refractivity contribution in [3.05, 3.63) is 0 Å². The largest absolute Gasteiger partial charge is 0.463 e. The number of carbonyl (C=O) groups is 2. The zero-order valence-corrected chi connectivity index (χ0v) is 18.5. The maximum absolute atomic E-state index is 12.3. The van der Waals surface area contributed by atoms with Gasteiger partial charge < -0.3 is 18.9 Å². The van der Waals surface area contributed by atoms with E-state index in [0.717, 1.165) is 32.1 Å². The average Bonchev–Trinajstić information content (AvgIpc) is 2.58. The SMILES string of the molecule is CCC(C)(C)C(=O)OCC1CC(CC(=O)OC(C)(C)C)OC2(CCCCC2)O1. The van der Waals surface area contributed by atoms with Crippen molar-refractivity contribution in [1.29, 1.82) is 0 Å². The number of ether oxygens (including phenoxy) is 4. The lowest BCUT2D eigenvalue weighted by molar-refractivity contribution is -0.333. The van der Waals surface area contributed by atoms with Gasteiger partial charge in [0.25, 0.3) is 0 Å². The standard InChI is InChI=1S/C22H38O6/c1-7-21(5,6)19(24)25-15-17-13-16(14-18(23)28-20(2,3)4)26-22(27-17)11-9-8-10-12-22/h16-17H,7-15H2,1-6H3. The van der Waals surface area contributed by atoms with Gasteiger partial charge in [0.1, 0.15) is 12.2 Å². The molecule has 0 N–H and O–H groups in total. The molecule has 1 saturated heterocycles. The molecular formula is C22H38O6. The van der Waals surface area contributed by atoms with Crippen LogP contribution in [-0.2, 0) is 28.5 Å². The Kier molecular flexibility index (Phi) is 7.54. The average molecular weight is 399 g/mol. The molecular weight excluding hydrogens is 360 g/mol. The smallest absolute Gasteiger partial charge is 0.311 e. The first-order valence-electron chi connectivity index (χ1n) is 10.7. The van der Waals surface area contributed by atoms with Crippen LogP contribution >= 0.6 is 0 Å². The van der Waals surface area contributed by atoms with E-state index in [2.05, 4.69) is 0 Å². The molecule has 1 aliphatic heterocycles. The second-order valence-electron chi connectivity index (χ2n) is 9.81. The van der Waals surface area contributed by atoms with Crippen molar-refractivity contribution >= 4 is 11.9 Å². The summed E-state index contributed by atoms with van der Waals surface area (Å²) >= 11 is 0. The third-order valence-electron chi connectivity index (χ3n) is 5.56.